The van der Waals surface area contributed by atoms with Gasteiger partial charge < -0.3 is 9.64 Å². The molecule has 0 N–H and O–H groups in total. The van der Waals surface area contributed by atoms with Gasteiger partial charge in [-0.2, -0.15) is 0 Å². The Morgan fingerprint density at radius 2 is 1.28 bits per heavy atom. The number of ether oxygens (including phenoxy) is 1. The molecule has 2 aliphatic heterocycles. The van der Waals surface area contributed by atoms with Gasteiger partial charge in [0.15, 0.2) is 0 Å². The SMILES string of the molecule is Cc1ccc(C2=C(N3CCOCC3)C(=O)N(C3CCCCCCCCCCC3)C2=O)cc1. The Hall–Kier alpha value is -2.14. The summed E-state index contributed by atoms with van der Waals surface area (Å²) in [5.74, 6) is -0.193. The highest BCUT2D eigenvalue weighted by atomic mass is 16.5. The van der Waals surface area contributed by atoms with Crippen LogP contribution in [0.25, 0.3) is 5.57 Å². The summed E-state index contributed by atoms with van der Waals surface area (Å²) < 4.78 is 5.53. The number of carbonyl (C=O) groups excluding carboxylic acids is 2. The molecular weight excluding hydrogens is 400 g/mol. The summed E-state index contributed by atoms with van der Waals surface area (Å²) in [4.78, 5) is 31.3. The lowest BCUT2D eigenvalue weighted by atomic mass is 9.96. The van der Waals surface area contributed by atoms with Crippen molar-refractivity contribution >= 4 is 17.4 Å². The van der Waals surface area contributed by atoms with Gasteiger partial charge in [-0.25, -0.2) is 0 Å². The Morgan fingerprint density at radius 1 is 0.750 bits per heavy atom. The fraction of sp³-hybridized carbons (Fsp3) is 0.630. The molecule has 4 rings (SSSR count). The van der Waals surface area contributed by atoms with Crippen molar-refractivity contribution in [3.8, 4) is 0 Å². The van der Waals surface area contributed by atoms with Gasteiger partial charge in [-0.15, -0.1) is 0 Å². The van der Waals surface area contributed by atoms with Crippen molar-refractivity contribution < 1.29 is 14.3 Å². The molecule has 1 aromatic carbocycles. The zero-order valence-corrected chi connectivity index (χ0v) is 19.6. The van der Waals surface area contributed by atoms with Crippen LogP contribution in [-0.2, 0) is 14.3 Å². The van der Waals surface area contributed by atoms with Gasteiger partial charge in [-0.1, -0.05) is 87.6 Å². The molecule has 1 saturated carbocycles. The quantitative estimate of drug-likeness (QED) is 0.618. The first kappa shape index (κ1) is 23.0. The molecule has 0 spiro atoms. The van der Waals surface area contributed by atoms with E-state index >= 15 is 0 Å². The van der Waals surface area contributed by atoms with E-state index in [1.54, 1.807) is 4.90 Å². The van der Waals surface area contributed by atoms with Crippen LogP contribution in [0.5, 0.6) is 0 Å². The van der Waals surface area contributed by atoms with E-state index in [-0.39, 0.29) is 17.9 Å². The molecule has 0 radical (unpaired) electrons. The number of hydrogen-bond donors (Lipinski definition) is 0. The van der Waals surface area contributed by atoms with Crippen molar-refractivity contribution in [3.05, 3.63) is 41.1 Å². The summed E-state index contributed by atoms with van der Waals surface area (Å²) in [7, 11) is 0. The number of hydrogen-bond acceptors (Lipinski definition) is 4. The lowest BCUT2D eigenvalue weighted by molar-refractivity contribution is -0.140. The molecule has 174 valence electrons. The fourth-order valence-electron chi connectivity index (χ4n) is 5.33. The maximum Gasteiger partial charge on any atom is 0.278 e. The Labute approximate surface area is 192 Å². The molecule has 3 aliphatic rings. The smallest absolute Gasteiger partial charge is 0.278 e. The summed E-state index contributed by atoms with van der Waals surface area (Å²) in [6, 6.07) is 8.03. The molecule has 0 unspecified atom stereocenters. The number of aryl methyl sites for hydroxylation is 1. The minimum atomic E-state index is -0.0996. The molecule has 1 aliphatic carbocycles. The molecular formula is C27H38N2O3. The second-order valence-electron chi connectivity index (χ2n) is 9.58. The molecule has 0 aromatic heterocycles. The average molecular weight is 439 g/mol. The average Bonchev–Trinajstić information content (AvgIpc) is 3.05. The van der Waals surface area contributed by atoms with E-state index in [2.05, 4.69) is 4.90 Å². The van der Waals surface area contributed by atoms with Crippen molar-refractivity contribution in [3.63, 3.8) is 0 Å². The number of morpholine rings is 1. The molecule has 1 aromatic rings. The maximum absolute atomic E-state index is 13.8. The minimum Gasteiger partial charge on any atom is -0.378 e. The fourth-order valence-corrected chi connectivity index (χ4v) is 5.33. The highest BCUT2D eigenvalue weighted by Gasteiger charge is 2.44. The molecule has 2 amide bonds. The van der Waals surface area contributed by atoms with Crippen LogP contribution in [0.1, 0.15) is 81.8 Å². The van der Waals surface area contributed by atoms with Crippen LogP contribution in [0.15, 0.2) is 30.0 Å². The van der Waals surface area contributed by atoms with Crippen LogP contribution >= 0.6 is 0 Å². The van der Waals surface area contributed by atoms with Crippen LogP contribution in [0.2, 0.25) is 0 Å². The third-order valence-corrected chi connectivity index (χ3v) is 7.20. The lowest BCUT2D eigenvalue weighted by Gasteiger charge is -2.31. The molecule has 1 saturated heterocycles. The van der Waals surface area contributed by atoms with Crippen LogP contribution in [0, 0.1) is 6.92 Å². The van der Waals surface area contributed by atoms with E-state index in [0.29, 0.717) is 37.6 Å². The molecule has 2 fully saturated rings. The van der Waals surface area contributed by atoms with E-state index in [1.165, 1.54) is 44.9 Å². The van der Waals surface area contributed by atoms with Crippen molar-refractivity contribution in [2.24, 2.45) is 0 Å². The molecule has 0 bridgehead atoms. The molecule has 2 heterocycles. The summed E-state index contributed by atoms with van der Waals surface area (Å²) in [5.41, 5.74) is 3.18. The van der Waals surface area contributed by atoms with Crippen molar-refractivity contribution in [2.75, 3.05) is 26.3 Å². The summed E-state index contributed by atoms with van der Waals surface area (Å²) >= 11 is 0. The van der Waals surface area contributed by atoms with E-state index in [1.807, 2.05) is 31.2 Å². The molecule has 0 atom stereocenters. The normalized spacial score (nSPS) is 22.8. The van der Waals surface area contributed by atoms with E-state index in [0.717, 1.165) is 36.8 Å². The van der Waals surface area contributed by atoms with Crippen molar-refractivity contribution in [1.82, 2.24) is 9.80 Å². The van der Waals surface area contributed by atoms with Gasteiger partial charge in [0.05, 0.1) is 18.8 Å². The topological polar surface area (TPSA) is 49.9 Å². The van der Waals surface area contributed by atoms with Gasteiger partial charge >= 0.3 is 0 Å². The first-order valence-corrected chi connectivity index (χ1v) is 12.7. The van der Waals surface area contributed by atoms with Gasteiger partial charge in [-0.05, 0) is 25.3 Å². The predicted octanol–water partition coefficient (Wildman–Crippen LogP) is 5.08. The second kappa shape index (κ2) is 11.1. The Kier molecular flexibility index (Phi) is 8.01. The molecule has 32 heavy (non-hydrogen) atoms. The standard InChI is InChI=1S/C27H38N2O3/c1-21-13-15-22(16-14-21)24-25(28-17-19-32-20-18-28)27(31)29(26(24)30)23-11-9-7-5-3-2-4-6-8-10-12-23/h13-16,23H,2-12,17-20H2,1H3. The number of imide groups is 1. The maximum atomic E-state index is 13.8. The summed E-state index contributed by atoms with van der Waals surface area (Å²) in [6.07, 6.45) is 12.9. The van der Waals surface area contributed by atoms with Gasteiger partial charge in [0.2, 0.25) is 0 Å². The van der Waals surface area contributed by atoms with Crippen LogP contribution in [0.4, 0.5) is 0 Å². The van der Waals surface area contributed by atoms with Gasteiger partial charge in [0, 0.05) is 19.1 Å². The monoisotopic (exact) mass is 438 g/mol. The van der Waals surface area contributed by atoms with Crippen molar-refractivity contribution in [2.45, 2.75) is 83.6 Å². The molecule has 5 heteroatoms. The highest BCUT2D eigenvalue weighted by molar-refractivity contribution is 6.35. The Balaban J connectivity index is 1.62. The minimum absolute atomic E-state index is 0.00779. The van der Waals surface area contributed by atoms with Crippen molar-refractivity contribution in [1.29, 1.82) is 0 Å². The number of carbonyl (C=O) groups is 2. The van der Waals surface area contributed by atoms with Gasteiger partial charge in [-0.3, -0.25) is 14.5 Å². The highest BCUT2D eigenvalue weighted by Crippen LogP contribution is 2.35. The third-order valence-electron chi connectivity index (χ3n) is 7.20. The first-order valence-electron chi connectivity index (χ1n) is 12.7. The Bertz CT molecular complexity index is 812. The zero-order valence-electron chi connectivity index (χ0n) is 19.6. The zero-order chi connectivity index (χ0) is 22.3. The number of benzene rings is 1. The number of nitrogens with zero attached hydrogens (tertiary/aromatic N) is 2. The largest absolute Gasteiger partial charge is 0.378 e. The van der Waals surface area contributed by atoms with E-state index < -0.39 is 0 Å². The second-order valence-corrected chi connectivity index (χ2v) is 9.58. The van der Waals surface area contributed by atoms with Gasteiger partial charge in [0.1, 0.15) is 5.70 Å². The third kappa shape index (κ3) is 5.25. The van der Waals surface area contributed by atoms with E-state index in [4.69, 9.17) is 4.74 Å². The van der Waals surface area contributed by atoms with Crippen LogP contribution in [0.3, 0.4) is 0 Å². The van der Waals surface area contributed by atoms with E-state index in [9.17, 15) is 9.59 Å². The first-order chi connectivity index (χ1) is 15.7. The van der Waals surface area contributed by atoms with Crippen LogP contribution in [-0.4, -0.2) is 54.0 Å². The van der Waals surface area contributed by atoms with Gasteiger partial charge in [0.25, 0.3) is 11.8 Å². The predicted molar refractivity (Wildman–Crippen MR) is 127 cm³/mol. The Morgan fingerprint density at radius 3 is 1.84 bits per heavy atom. The number of amides is 2. The van der Waals surface area contributed by atoms with Crippen LogP contribution < -0.4 is 0 Å². The summed E-state index contributed by atoms with van der Waals surface area (Å²) in [5, 5.41) is 0. The summed E-state index contributed by atoms with van der Waals surface area (Å²) in [6.45, 7) is 4.54. The number of rotatable bonds is 3. The lowest BCUT2D eigenvalue weighted by Crippen LogP contribution is -2.44. The molecule has 5 nitrogen and oxygen atoms in total.